The Kier molecular flexibility index (Phi) is 8.64. The van der Waals surface area contributed by atoms with Gasteiger partial charge in [0.2, 0.25) is 10.0 Å². The summed E-state index contributed by atoms with van der Waals surface area (Å²) in [6.07, 6.45) is 2.55. The summed E-state index contributed by atoms with van der Waals surface area (Å²) in [6, 6.07) is 10.8. The number of halogens is 3. The molecule has 1 aliphatic heterocycles. The van der Waals surface area contributed by atoms with Crippen LogP contribution in [0.25, 0.3) is 11.3 Å². The summed E-state index contributed by atoms with van der Waals surface area (Å²) in [6.45, 7) is 3.08. The third kappa shape index (κ3) is 7.53. The number of ether oxygens (including phenoxy) is 2. The number of nitrogens with zero attached hydrogens (tertiary/aromatic N) is 1. The van der Waals surface area contributed by atoms with E-state index in [4.69, 9.17) is 21.1 Å². The molecule has 0 atom stereocenters. The number of carbonyl (C=O) groups excluding carboxylic acids is 1. The maximum Gasteiger partial charge on any atom is 0.265 e. The number of nitrogens with one attached hydrogen (secondary N) is 3. The molecule has 3 N–H and O–H groups in total. The molecule has 220 valence electrons. The van der Waals surface area contributed by atoms with Gasteiger partial charge in [-0.05, 0) is 48.9 Å². The zero-order chi connectivity index (χ0) is 30.0. The molecule has 42 heavy (non-hydrogen) atoms. The predicted octanol–water partition coefficient (Wildman–Crippen LogP) is 5.60. The van der Waals surface area contributed by atoms with Gasteiger partial charge < -0.3 is 20.1 Å². The van der Waals surface area contributed by atoms with Crippen LogP contribution < -0.4 is 24.8 Å². The molecular formula is C28H25ClF2N4O5S2. The van der Waals surface area contributed by atoms with Crippen molar-refractivity contribution in [2.75, 3.05) is 29.4 Å². The summed E-state index contributed by atoms with van der Waals surface area (Å²) in [5.74, 6) is -1.11. The molecule has 0 saturated carbocycles. The standard InChI is InChI=1S/C28H25ClF2N4O5S2/c1-15-24(10-26(41-15)28(36)34-20-5-17(29)6-21(8-20)35-42(2,37)38)27-25(9-22(13-33-27)40-23-11-32-12-23)39-14-16-3-18(30)7-19(31)4-16/h3-10,13,23,32,35H,11-12,14H2,1-2H3,(H,34,36). The first kappa shape index (κ1) is 29.7. The first-order valence-corrected chi connectivity index (χ1v) is 15.7. The van der Waals surface area contributed by atoms with E-state index in [9.17, 15) is 22.0 Å². The lowest BCUT2D eigenvalue weighted by Crippen LogP contribution is -2.50. The average molecular weight is 635 g/mol. The highest BCUT2D eigenvalue weighted by Crippen LogP contribution is 2.38. The largest absolute Gasteiger partial charge is 0.486 e. The molecule has 1 aliphatic rings. The fraction of sp³-hybridized carbons (Fsp3) is 0.214. The lowest BCUT2D eigenvalue weighted by molar-refractivity contribution is 0.103. The quantitative estimate of drug-likeness (QED) is 0.208. The van der Waals surface area contributed by atoms with Crippen LogP contribution in [0.5, 0.6) is 11.5 Å². The molecule has 1 fully saturated rings. The van der Waals surface area contributed by atoms with Gasteiger partial charge in [0.15, 0.2) is 0 Å². The maximum absolute atomic E-state index is 13.7. The van der Waals surface area contributed by atoms with E-state index in [1.807, 2.05) is 6.92 Å². The molecule has 2 aromatic carbocycles. The topological polar surface area (TPSA) is 119 Å². The fourth-order valence-corrected chi connectivity index (χ4v) is 5.85. The normalized spacial score (nSPS) is 13.4. The molecule has 9 nitrogen and oxygen atoms in total. The van der Waals surface area contributed by atoms with Crippen molar-refractivity contribution in [2.45, 2.75) is 19.6 Å². The van der Waals surface area contributed by atoms with Crippen molar-refractivity contribution in [2.24, 2.45) is 0 Å². The minimum atomic E-state index is -3.55. The number of benzene rings is 2. The summed E-state index contributed by atoms with van der Waals surface area (Å²) >= 11 is 7.34. The van der Waals surface area contributed by atoms with E-state index in [1.54, 1.807) is 18.3 Å². The number of hydrogen-bond acceptors (Lipinski definition) is 8. The Morgan fingerprint density at radius 2 is 1.81 bits per heavy atom. The Balaban J connectivity index is 1.41. The highest BCUT2D eigenvalue weighted by Gasteiger charge is 2.22. The summed E-state index contributed by atoms with van der Waals surface area (Å²) in [5, 5.41) is 6.09. The number of rotatable bonds is 10. The van der Waals surface area contributed by atoms with Crippen molar-refractivity contribution in [1.29, 1.82) is 0 Å². The molecule has 1 saturated heterocycles. The van der Waals surface area contributed by atoms with Gasteiger partial charge in [-0.15, -0.1) is 11.3 Å². The van der Waals surface area contributed by atoms with Crippen molar-refractivity contribution in [3.63, 3.8) is 0 Å². The van der Waals surface area contributed by atoms with Gasteiger partial charge in [-0.3, -0.25) is 9.52 Å². The molecule has 0 radical (unpaired) electrons. The number of aryl methyl sites for hydroxylation is 1. The zero-order valence-corrected chi connectivity index (χ0v) is 24.7. The number of anilines is 2. The van der Waals surface area contributed by atoms with Crippen LogP contribution in [0.4, 0.5) is 20.2 Å². The molecule has 0 unspecified atom stereocenters. The number of amides is 1. The molecule has 0 bridgehead atoms. The van der Waals surface area contributed by atoms with E-state index in [0.29, 0.717) is 52.0 Å². The second kappa shape index (κ2) is 12.2. The first-order valence-electron chi connectivity index (χ1n) is 12.6. The third-order valence-corrected chi connectivity index (χ3v) is 7.92. The van der Waals surface area contributed by atoms with Gasteiger partial charge in [-0.25, -0.2) is 22.2 Å². The summed E-state index contributed by atoms with van der Waals surface area (Å²) in [5.41, 5.74) is 1.82. The fourth-order valence-electron chi connectivity index (χ4n) is 4.15. The van der Waals surface area contributed by atoms with Gasteiger partial charge in [0.05, 0.1) is 23.0 Å². The van der Waals surface area contributed by atoms with E-state index in [2.05, 4.69) is 20.3 Å². The number of sulfonamides is 1. The summed E-state index contributed by atoms with van der Waals surface area (Å²) < 4.78 is 65.0. The van der Waals surface area contributed by atoms with Crippen LogP contribution in [0, 0.1) is 18.6 Å². The monoisotopic (exact) mass is 634 g/mol. The Morgan fingerprint density at radius 1 is 1.10 bits per heavy atom. The van der Waals surface area contributed by atoms with Crippen molar-refractivity contribution in [1.82, 2.24) is 10.3 Å². The van der Waals surface area contributed by atoms with Crippen LogP contribution in [0.2, 0.25) is 5.02 Å². The van der Waals surface area contributed by atoms with E-state index >= 15 is 0 Å². The summed E-state index contributed by atoms with van der Waals surface area (Å²) in [4.78, 5) is 18.8. The van der Waals surface area contributed by atoms with Crippen LogP contribution in [0.1, 0.15) is 20.1 Å². The Hall–Kier alpha value is -3.78. The van der Waals surface area contributed by atoms with Crippen LogP contribution >= 0.6 is 22.9 Å². The van der Waals surface area contributed by atoms with Gasteiger partial charge >= 0.3 is 0 Å². The number of aromatic nitrogens is 1. The van der Waals surface area contributed by atoms with Gasteiger partial charge in [-0.2, -0.15) is 0 Å². The third-order valence-electron chi connectivity index (χ3n) is 6.05. The molecule has 0 aliphatic carbocycles. The number of pyridine rings is 1. The molecule has 0 spiro atoms. The Labute approximate surface area is 249 Å². The van der Waals surface area contributed by atoms with E-state index in [1.165, 1.54) is 41.7 Å². The highest BCUT2D eigenvalue weighted by molar-refractivity contribution is 7.92. The molecule has 14 heteroatoms. The number of thiophene rings is 1. The molecule has 1 amide bonds. The Bertz CT molecular complexity index is 1740. The molecule has 3 heterocycles. The number of carbonyl (C=O) groups is 1. The first-order chi connectivity index (χ1) is 19.9. The van der Waals surface area contributed by atoms with Crippen molar-refractivity contribution in [3.8, 4) is 22.8 Å². The predicted molar refractivity (Wildman–Crippen MR) is 158 cm³/mol. The molecule has 4 aromatic rings. The van der Waals surface area contributed by atoms with Gasteiger partial charge in [0, 0.05) is 46.4 Å². The molecule has 2 aromatic heterocycles. The summed E-state index contributed by atoms with van der Waals surface area (Å²) in [7, 11) is -3.55. The molecule has 5 rings (SSSR count). The highest BCUT2D eigenvalue weighted by atomic mass is 35.5. The lowest BCUT2D eigenvalue weighted by atomic mass is 10.1. The van der Waals surface area contributed by atoms with Crippen LogP contribution in [0.3, 0.4) is 0 Å². The van der Waals surface area contributed by atoms with Crippen molar-refractivity contribution < 1.29 is 31.5 Å². The van der Waals surface area contributed by atoms with Crippen LogP contribution in [-0.2, 0) is 16.6 Å². The minimum absolute atomic E-state index is 0.0133. The van der Waals surface area contributed by atoms with Gasteiger partial charge in [0.25, 0.3) is 5.91 Å². The van der Waals surface area contributed by atoms with Crippen LogP contribution in [0.15, 0.2) is 54.7 Å². The zero-order valence-electron chi connectivity index (χ0n) is 22.3. The Morgan fingerprint density at radius 3 is 2.48 bits per heavy atom. The van der Waals surface area contributed by atoms with E-state index in [-0.39, 0.29) is 23.4 Å². The second-order valence-corrected chi connectivity index (χ2v) is 13.1. The van der Waals surface area contributed by atoms with E-state index in [0.717, 1.165) is 17.2 Å². The SMILES string of the molecule is Cc1sc(C(=O)Nc2cc(Cl)cc(NS(C)(=O)=O)c2)cc1-c1ncc(OC2CNC2)cc1OCc1cc(F)cc(F)c1. The van der Waals surface area contributed by atoms with Crippen molar-refractivity contribution in [3.05, 3.63) is 86.7 Å². The van der Waals surface area contributed by atoms with Gasteiger partial charge in [0.1, 0.15) is 41.5 Å². The van der Waals surface area contributed by atoms with Crippen LogP contribution in [-0.4, -0.2) is 44.8 Å². The average Bonchev–Trinajstić information content (AvgIpc) is 3.24. The van der Waals surface area contributed by atoms with E-state index < -0.39 is 27.6 Å². The lowest BCUT2D eigenvalue weighted by Gasteiger charge is -2.27. The van der Waals surface area contributed by atoms with Gasteiger partial charge in [-0.1, -0.05) is 11.6 Å². The number of hydrogen-bond donors (Lipinski definition) is 3. The molecular weight excluding hydrogens is 610 g/mol. The smallest absolute Gasteiger partial charge is 0.265 e. The maximum atomic E-state index is 13.7. The minimum Gasteiger partial charge on any atom is -0.486 e. The second-order valence-electron chi connectivity index (χ2n) is 9.62. The van der Waals surface area contributed by atoms with Crippen molar-refractivity contribution >= 4 is 50.2 Å².